The largest absolute Gasteiger partial charge is 0.436 e. The molecule has 0 aromatic heterocycles. The van der Waals surface area contributed by atoms with E-state index in [9.17, 15) is 45.2 Å². The minimum absolute atomic E-state index is 0.126. The summed E-state index contributed by atoms with van der Waals surface area (Å²) >= 11 is 0. The van der Waals surface area contributed by atoms with Crippen molar-refractivity contribution in [1.29, 1.82) is 0 Å². The number of hydrogen-bond donors (Lipinski definition) is 1. The highest BCUT2D eigenvalue weighted by Crippen LogP contribution is 2.48. The zero-order chi connectivity index (χ0) is 31.9. The summed E-state index contributed by atoms with van der Waals surface area (Å²) in [6, 6.07) is 2.43. The Balaban J connectivity index is 1.49. The van der Waals surface area contributed by atoms with Gasteiger partial charge < -0.3 is 15.0 Å². The predicted molar refractivity (Wildman–Crippen MR) is 143 cm³/mol. The van der Waals surface area contributed by atoms with Crippen LogP contribution in [-0.4, -0.2) is 97.0 Å². The fraction of sp³-hybridized carbons (Fsp3) is 0.481. The van der Waals surface area contributed by atoms with Crippen LogP contribution < -0.4 is 5.32 Å². The number of fused-ring (bicyclic) bond motifs is 2. The van der Waals surface area contributed by atoms with Crippen LogP contribution in [0.15, 0.2) is 47.7 Å². The Morgan fingerprint density at radius 2 is 1.81 bits per heavy atom. The quantitative estimate of drug-likeness (QED) is 0.414. The minimum Gasteiger partial charge on any atom is -0.436 e. The molecule has 1 aromatic rings. The second-order valence-corrected chi connectivity index (χ2v) is 13.0. The molecule has 0 bridgehead atoms. The first-order chi connectivity index (χ1) is 19.9. The number of alkyl halides is 3. The van der Waals surface area contributed by atoms with E-state index in [0.717, 1.165) is 28.3 Å². The molecule has 234 valence electrons. The van der Waals surface area contributed by atoms with E-state index >= 15 is 0 Å². The molecule has 1 saturated carbocycles. The number of allylic oxidation sites excluding steroid dienone is 3. The van der Waals surface area contributed by atoms with Crippen molar-refractivity contribution >= 4 is 33.7 Å². The average molecular weight is 631 g/mol. The molecule has 2 aliphatic carbocycles. The van der Waals surface area contributed by atoms with Crippen molar-refractivity contribution in [2.24, 2.45) is 5.92 Å². The first-order valence-corrected chi connectivity index (χ1v) is 14.8. The van der Waals surface area contributed by atoms with E-state index in [1.54, 1.807) is 0 Å². The molecule has 0 radical (unpaired) electrons. The zero-order valence-corrected chi connectivity index (χ0v) is 24.3. The molecule has 1 saturated heterocycles. The van der Waals surface area contributed by atoms with Crippen LogP contribution in [0.4, 0.5) is 22.4 Å². The van der Waals surface area contributed by atoms with Gasteiger partial charge in [-0.25, -0.2) is 21.9 Å². The monoisotopic (exact) mass is 630 g/mol. The van der Waals surface area contributed by atoms with Gasteiger partial charge in [-0.15, -0.1) is 0 Å². The predicted octanol–water partition coefficient (Wildman–Crippen LogP) is 2.11. The summed E-state index contributed by atoms with van der Waals surface area (Å²) in [4.78, 5) is 53.0. The van der Waals surface area contributed by atoms with Crippen molar-refractivity contribution in [3.63, 3.8) is 0 Å². The van der Waals surface area contributed by atoms with Crippen molar-refractivity contribution in [2.45, 2.75) is 44.1 Å². The third-order valence-electron chi connectivity index (χ3n) is 7.73. The van der Waals surface area contributed by atoms with Crippen LogP contribution in [0.5, 0.6) is 0 Å². The van der Waals surface area contributed by atoms with E-state index < -0.39 is 82.1 Å². The number of ketones is 1. The Labute approximate surface area is 245 Å². The lowest BCUT2D eigenvalue weighted by Gasteiger charge is -2.32. The van der Waals surface area contributed by atoms with E-state index in [0.29, 0.717) is 10.5 Å². The summed E-state index contributed by atoms with van der Waals surface area (Å²) in [5.74, 6) is -4.70. The number of amides is 3. The molecule has 4 rings (SSSR count). The van der Waals surface area contributed by atoms with Crippen molar-refractivity contribution in [2.75, 3.05) is 32.9 Å². The topological polar surface area (TPSA) is 133 Å². The van der Waals surface area contributed by atoms with Gasteiger partial charge in [0, 0.05) is 26.6 Å². The van der Waals surface area contributed by atoms with Crippen molar-refractivity contribution in [3.8, 4) is 0 Å². The van der Waals surface area contributed by atoms with Gasteiger partial charge in [0.2, 0.25) is 21.8 Å². The van der Waals surface area contributed by atoms with Crippen LogP contribution >= 0.6 is 0 Å². The highest BCUT2D eigenvalue weighted by Gasteiger charge is 2.56. The van der Waals surface area contributed by atoms with Crippen LogP contribution in [-0.2, 0) is 35.7 Å². The standard InChI is InChI=1S/C27H30F4N4O7S/c1-16(27(29,30)31)35(12-17-4-6-18(28)7-5-17)23(37)13-34-15-26(42-25(34)39)11-10-19-20(26)8-9-21(24(19)38)32-22(36)14-43(40,41)33(2)3/h4-9,16,19H,10-15H2,1-3H3,(H,32,36)/t16?,19?,26-/m0/s1. The van der Waals surface area contributed by atoms with Gasteiger partial charge in [-0.3, -0.25) is 19.3 Å². The molecular formula is C27H30F4N4O7S. The van der Waals surface area contributed by atoms with E-state index in [4.69, 9.17) is 4.74 Å². The maximum Gasteiger partial charge on any atom is 0.411 e. The van der Waals surface area contributed by atoms with Crippen LogP contribution in [0.25, 0.3) is 0 Å². The van der Waals surface area contributed by atoms with Gasteiger partial charge >= 0.3 is 12.3 Å². The van der Waals surface area contributed by atoms with Gasteiger partial charge in [-0.1, -0.05) is 18.2 Å². The fourth-order valence-corrected chi connectivity index (χ4v) is 5.92. The van der Waals surface area contributed by atoms with E-state index in [2.05, 4.69) is 5.32 Å². The number of carbonyl (C=O) groups excluding carboxylic acids is 4. The van der Waals surface area contributed by atoms with Gasteiger partial charge in [-0.2, -0.15) is 13.2 Å². The average Bonchev–Trinajstić information content (AvgIpc) is 3.42. The van der Waals surface area contributed by atoms with Crippen molar-refractivity contribution in [3.05, 3.63) is 59.1 Å². The lowest BCUT2D eigenvalue weighted by atomic mass is 9.85. The first-order valence-electron chi connectivity index (χ1n) is 13.2. The Bertz CT molecular complexity index is 1490. The lowest BCUT2D eigenvalue weighted by Crippen LogP contribution is -2.50. The zero-order valence-electron chi connectivity index (χ0n) is 23.5. The molecule has 1 aliphatic heterocycles. The molecule has 2 unspecified atom stereocenters. The molecule has 2 fully saturated rings. The number of nitrogens with one attached hydrogen (secondary N) is 1. The van der Waals surface area contributed by atoms with E-state index in [1.807, 2.05) is 0 Å². The van der Waals surface area contributed by atoms with Crippen LogP contribution in [0.3, 0.4) is 0 Å². The Kier molecular flexibility index (Phi) is 8.75. The number of carbonyl (C=O) groups is 4. The number of halogens is 4. The second-order valence-electron chi connectivity index (χ2n) is 10.8. The summed E-state index contributed by atoms with van der Waals surface area (Å²) in [6.45, 7) is -0.602. The highest BCUT2D eigenvalue weighted by atomic mass is 32.2. The highest BCUT2D eigenvalue weighted by molar-refractivity contribution is 7.89. The normalized spacial score (nSPS) is 22.7. The molecule has 1 aromatic carbocycles. The van der Waals surface area contributed by atoms with Gasteiger partial charge in [0.15, 0.2) is 11.4 Å². The molecule has 1 spiro atoms. The molecule has 1 N–H and O–H groups in total. The fourth-order valence-electron chi connectivity index (χ4n) is 5.26. The second kappa shape index (κ2) is 11.7. The van der Waals surface area contributed by atoms with Crippen LogP contribution in [0.1, 0.15) is 25.3 Å². The maximum absolute atomic E-state index is 13.6. The lowest BCUT2D eigenvalue weighted by molar-refractivity contribution is -0.187. The summed E-state index contributed by atoms with van der Waals surface area (Å²) in [5, 5.41) is 2.31. The Morgan fingerprint density at radius 1 is 1.16 bits per heavy atom. The van der Waals surface area contributed by atoms with Crippen LogP contribution in [0, 0.1) is 11.7 Å². The molecular weight excluding hydrogens is 600 g/mol. The number of sulfonamides is 1. The first kappa shape index (κ1) is 32.1. The van der Waals surface area contributed by atoms with Crippen molar-refractivity contribution in [1.82, 2.24) is 19.4 Å². The van der Waals surface area contributed by atoms with E-state index in [-0.39, 0.29) is 30.6 Å². The van der Waals surface area contributed by atoms with Crippen molar-refractivity contribution < 1.29 is 49.9 Å². The number of Topliss-reactive ketones (excluding diaryl/α,β-unsaturated/α-hetero) is 1. The summed E-state index contributed by atoms with van der Waals surface area (Å²) in [7, 11) is -1.34. The van der Waals surface area contributed by atoms with Gasteiger partial charge in [-0.05, 0) is 49.1 Å². The third kappa shape index (κ3) is 6.74. The minimum atomic E-state index is -4.77. The van der Waals surface area contributed by atoms with Gasteiger partial charge in [0.25, 0.3) is 0 Å². The summed E-state index contributed by atoms with van der Waals surface area (Å²) in [5.41, 5.74) is -0.773. The Morgan fingerprint density at radius 3 is 2.42 bits per heavy atom. The molecule has 3 aliphatic rings. The van der Waals surface area contributed by atoms with Gasteiger partial charge in [0.05, 0.1) is 12.2 Å². The maximum atomic E-state index is 13.6. The Hall–Kier alpha value is -3.79. The summed E-state index contributed by atoms with van der Waals surface area (Å²) < 4.78 is 84.7. The molecule has 16 heteroatoms. The summed E-state index contributed by atoms with van der Waals surface area (Å²) in [6.07, 6.45) is -2.57. The SMILES string of the molecule is CC(N(Cc1ccc(F)cc1)C(=O)CN1C[C@]2(CCC3C(=O)C(NC(=O)CS(=O)(=O)N(C)C)=CC=C32)OC1=O)C(F)(F)F. The van der Waals surface area contributed by atoms with Gasteiger partial charge in [0.1, 0.15) is 24.2 Å². The molecule has 3 amide bonds. The molecule has 43 heavy (non-hydrogen) atoms. The number of hydrogen-bond acceptors (Lipinski definition) is 7. The third-order valence-corrected chi connectivity index (χ3v) is 9.47. The van der Waals surface area contributed by atoms with E-state index in [1.165, 1.54) is 38.4 Å². The van der Waals surface area contributed by atoms with Crippen LogP contribution in [0.2, 0.25) is 0 Å². The number of ether oxygens (including phenoxy) is 1. The smallest absolute Gasteiger partial charge is 0.411 e. The number of rotatable bonds is 9. The number of nitrogens with zero attached hydrogens (tertiary/aromatic N) is 3. The molecule has 3 atom stereocenters. The molecule has 11 nitrogen and oxygen atoms in total. The number of benzene rings is 1. The molecule has 1 heterocycles.